The van der Waals surface area contributed by atoms with Gasteiger partial charge in [0.15, 0.2) is 0 Å². The molecular weight excluding hydrogens is 357 g/mol. The number of urea groups is 1. The molecule has 0 saturated heterocycles. The Morgan fingerprint density at radius 1 is 1.07 bits per heavy atom. The van der Waals surface area contributed by atoms with Crippen LogP contribution < -0.4 is 10.6 Å². The van der Waals surface area contributed by atoms with Crippen molar-refractivity contribution in [3.63, 3.8) is 0 Å². The molecule has 5 nitrogen and oxygen atoms in total. The van der Waals surface area contributed by atoms with Crippen LogP contribution >= 0.6 is 0 Å². The average Bonchev–Trinajstić information content (AvgIpc) is 3.03. The van der Waals surface area contributed by atoms with Gasteiger partial charge in [0.05, 0.1) is 29.7 Å². The Balaban J connectivity index is 1.64. The predicted octanol–water partition coefficient (Wildman–Crippen LogP) is 4.90. The number of nitrogens with zero attached hydrogens (tertiary/aromatic N) is 2. The number of hydrogen-bond acceptors (Lipinski definition) is 2. The lowest BCUT2D eigenvalue weighted by Crippen LogP contribution is -2.21. The summed E-state index contributed by atoms with van der Waals surface area (Å²) in [6.45, 7) is 2.51. The number of rotatable bonds is 4. The van der Waals surface area contributed by atoms with Crippen LogP contribution in [0.15, 0.2) is 60.9 Å². The normalized spacial score (nSPS) is 11.3. The highest BCUT2D eigenvalue weighted by Crippen LogP contribution is 2.34. The smallest absolute Gasteiger partial charge is 0.307 e. The first kappa shape index (κ1) is 18.5. The number of carbonyl (C=O) groups excluding carboxylic acids is 1. The molecule has 2 amide bonds. The van der Waals surface area contributed by atoms with Crippen molar-refractivity contribution in [2.75, 3.05) is 10.6 Å². The third kappa shape index (κ3) is 4.87. The summed E-state index contributed by atoms with van der Waals surface area (Å²) in [6.07, 6.45) is -1.51. The number of halogens is 3. The molecule has 0 atom stereocenters. The minimum absolute atomic E-state index is 0.311. The molecule has 0 saturated carbocycles. The number of alkyl halides is 3. The van der Waals surface area contributed by atoms with Crippen LogP contribution in [-0.2, 0) is 12.7 Å². The maximum absolute atomic E-state index is 13.0. The highest BCUT2D eigenvalue weighted by molar-refractivity contribution is 6.00. The average molecular weight is 374 g/mol. The van der Waals surface area contributed by atoms with E-state index in [0.29, 0.717) is 12.2 Å². The van der Waals surface area contributed by atoms with Gasteiger partial charge in [-0.1, -0.05) is 42.0 Å². The lowest BCUT2D eigenvalue weighted by Gasteiger charge is -2.13. The second kappa shape index (κ2) is 7.53. The van der Waals surface area contributed by atoms with E-state index in [1.54, 1.807) is 10.9 Å². The van der Waals surface area contributed by atoms with Crippen LogP contribution in [0, 0.1) is 6.92 Å². The fourth-order valence-corrected chi connectivity index (χ4v) is 2.52. The molecule has 0 aliphatic heterocycles. The molecule has 0 unspecified atom stereocenters. The predicted molar refractivity (Wildman–Crippen MR) is 96.6 cm³/mol. The summed E-state index contributed by atoms with van der Waals surface area (Å²) in [5.74, 6) is 0. The quantitative estimate of drug-likeness (QED) is 0.682. The molecular formula is C19H17F3N4O. The van der Waals surface area contributed by atoms with E-state index < -0.39 is 17.8 Å². The van der Waals surface area contributed by atoms with Gasteiger partial charge in [0.1, 0.15) is 0 Å². The van der Waals surface area contributed by atoms with Crippen LogP contribution in [0.3, 0.4) is 0 Å². The number of anilines is 2. The van der Waals surface area contributed by atoms with Gasteiger partial charge in [-0.05, 0) is 24.6 Å². The number of aromatic nitrogens is 2. The van der Waals surface area contributed by atoms with Crippen LogP contribution in [0.25, 0.3) is 0 Å². The summed E-state index contributed by atoms with van der Waals surface area (Å²) in [6, 6.07) is 12.0. The largest absolute Gasteiger partial charge is 0.418 e. The first-order valence-corrected chi connectivity index (χ1v) is 8.13. The number of nitrogens with one attached hydrogen (secondary N) is 2. The van der Waals surface area contributed by atoms with Crippen molar-refractivity contribution in [2.24, 2.45) is 0 Å². The standard InChI is InChI=1S/C19H17F3N4O/c1-13-6-8-14(9-7-13)11-26-12-15(10-23-26)24-18(27)25-17-5-3-2-4-16(17)19(20,21)22/h2-10,12H,11H2,1H3,(H2,24,25,27). The second-order valence-electron chi connectivity index (χ2n) is 6.03. The summed E-state index contributed by atoms with van der Waals surface area (Å²) in [5, 5.41) is 8.85. The van der Waals surface area contributed by atoms with Gasteiger partial charge in [-0.25, -0.2) is 4.79 Å². The Kier molecular flexibility index (Phi) is 5.16. The Labute approximate surface area is 153 Å². The maximum atomic E-state index is 13.0. The Morgan fingerprint density at radius 3 is 2.48 bits per heavy atom. The molecule has 1 aromatic heterocycles. The van der Waals surface area contributed by atoms with E-state index >= 15 is 0 Å². The molecule has 3 aromatic rings. The molecule has 0 aliphatic carbocycles. The van der Waals surface area contributed by atoms with Crippen molar-refractivity contribution >= 4 is 17.4 Å². The van der Waals surface area contributed by atoms with Gasteiger partial charge in [0.25, 0.3) is 0 Å². The summed E-state index contributed by atoms with van der Waals surface area (Å²) >= 11 is 0. The van der Waals surface area contributed by atoms with E-state index in [4.69, 9.17) is 0 Å². The molecule has 3 rings (SSSR count). The summed E-state index contributed by atoms with van der Waals surface area (Å²) in [4.78, 5) is 12.0. The minimum atomic E-state index is -4.55. The molecule has 0 radical (unpaired) electrons. The first-order chi connectivity index (χ1) is 12.8. The molecule has 140 valence electrons. The van der Waals surface area contributed by atoms with Crippen molar-refractivity contribution in [3.8, 4) is 0 Å². The molecule has 0 aliphatic rings. The summed E-state index contributed by atoms with van der Waals surface area (Å²) in [5.41, 5.74) is 1.35. The zero-order valence-corrected chi connectivity index (χ0v) is 14.4. The van der Waals surface area contributed by atoms with E-state index in [0.717, 1.165) is 17.2 Å². The van der Waals surface area contributed by atoms with Gasteiger partial charge in [0.2, 0.25) is 0 Å². The summed E-state index contributed by atoms with van der Waals surface area (Å²) < 4.78 is 40.6. The van der Waals surface area contributed by atoms with Gasteiger partial charge in [0, 0.05) is 6.20 Å². The molecule has 0 fully saturated rings. The Bertz CT molecular complexity index is 933. The number of amides is 2. The Morgan fingerprint density at radius 2 is 1.78 bits per heavy atom. The van der Waals surface area contributed by atoms with E-state index in [1.807, 2.05) is 31.2 Å². The zero-order chi connectivity index (χ0) is 19.4. The zero-order valence-electron chi connectivity index (χ0n) is 14.4. The van der Waals surface area contributed by atoms with Crippen molar-refractivity contribution < 1.29 is 18.0 Å². The van der Waals surface area contributed by atoms with Gasteiger partial charge in [-0.3, -0.25) is 4.68 Å². The van der Waals surface area contributed by atoms with Gasteiger partial charge < -0.3 is 10.6 Å². The fourth-order valence-electron chi connectivity index (χ4n) is 2.52. The molecule has 0 bridgehead atoms. The molecule has 8 heteroatoms. The third-order valence-corrected chi connectivity index (χ3v) is 3.84. The maximum Gasteiger partial charge on any atom is 0.418 e. The number of benzene rings is 2. The SMILES string of the molecule is Cc1ccc(Cn2cc(NC(=O)Nc3ccccc3C(F)(F)F)cn2)cc1. The van der Waals surface area contributed by atoms with E-state index in [2.05, 4.69) is 15.7 Å². The molecule has 2 aromatic carbocycles. The monoisotopic (exact) mass is 374 g/mol. The fraction of sp³-hybridized carbons (Fsp3) is 0.158. The lowest BCUT2D eigenvalue weighted by atomic mass is 10.1. The van der Waals surface area contributed by atoms with Crippen molar-refractivity contribution in [3.05, 3.63) is 77.6 Å². The van der Waals surface area contributed by atoms with Crippen LogP contribution in [0.1, 0.15) is 16.7 Å². The molecule has 1 heterocycles. The number of hydrogen-bond donors (Lipinski definition) is 2. The van der Waals surface area contributed by atoms with Crippen molar-refractivity contribution in [2.45, 2.75) is 19.6 Å². The molecule has 27 heavy (non-hydrogen) atoms. The molecule has 2 N–H and O–H groups in total. The van der Waals surface area contributed by atoms with Crippen LogP contribution in [-0.4, -0.2) is 15.8 Å². The second-order valence-corrected chi connectivity index (χ2v) is 6.03. The highest BCUT2D eigenvalue weighted by Gasteiger charge is 2.33. The topological polar surface area (TPSA) is 59.0 Å². The summed E-state index contributed by atoms with van der Waals surface area (Å²) in [7, 11) is 0. The lowest BCUT2D eigenvalue weighted by molar-refractivity contribution is -0.136. The highest BCUT2D eigenvalue weighted by atomic mass is 19.4. The van der Waals surface area contributed by atoms with Gasteiger partial charge >= 0.3 is 12.2 Å². The van der Waals surface area contributed by atoms with E-state index in [-0.39, 0.29) is 5.69 Å². The number of para-hydroxylation sites is 1. The number of aryl methyl sites for hydroxylation is 1. The van der Waals surface area contributed by atoms with E-state index in [1.165, 1.54) is 24.4 Å². The van der Waals surface area contributed by atoms with Gasteiger partial charge in [-0.15, -0.1) is 0 Å². The van der Waals surface area contributed by atoms with Crippen LogP contribution in [0.4, 0.5) is 29.3 Å². The van der Waals surface area contributed by atoms with Crippen molar-refractivity contribution in [1.82, 2.24) is 9.78 Å². The van der Waals surface area contributed by atoms with E-state index in [9.17, 15) is 18.0 Å². The van der Waals surface area contributed by atoms with Crippen LogP contribution in [0.5, 0.6) is 0 Å². The minimum Gasteiger partial charge on any atom is -0.307 e. The van der Waals surface area contributed by atoms with Crippen molar-refractivity contribution in [1.29, 1.82) is 0 Å². The first-order valence-electron chi connectivity index (χ1n) is 8.13. The molecule has 0 spiro atoms. The van der Waals surface area contributed by atoms with Crippen LogP contribution in [0.2, 0.25) is 0 Å². The Hall–Kier alpha value is -3.29. The number of carbonyl (C=O) groups is 1. The third-order valence-electron chi connectivity index (χ3n) is 3.84. The van der Waals surface area contributed by atoms with Gasteiger partial charge in [-0.2, -0.15) is 18.3 Å².